The van der Waals surface area contributed by atoms with E-state index in [2.05, 4.69) is 20.8 Å². The van der Waals surface area contributed by atoms with Gasteiger partial charge in [-0.25, -0.2) is 0 Å². The van der Waals surface area contributed by atoms with Crippen molar-refractivity contribution < 1.29 is 31.9 Å². The largest absolute Gasteiger partial charge is 1.00 e. The van der Waals surface area contributed by atoms with E-state index >= 15 is 0 Å². The molecule has 0 fully saturated rings. The molecule has 0 spiro atoms. The molecule has 0 radical (unpaired) electrons. The number of halogens is 1. The summed E-state index contributed by atoms with van der Waals surface area (Å²) in [5.74, 6) is 0. The summed E-state index contributed by atoms with van der Waals surface area (Å²) in [6, 6.07) is 0. The Morgan fingerprint density at radius 1 is 0.636 bits per heavy atom. The third-order valence-corrected chi connectivity index (χ3v) is 6.92. The Labute approximate surface area is 216 Å². The van der Waals surface area contributed by atoms with E-state index in [9.17, 15) is 0 Å². The molecule has 0 saturated carbocycles. The van der Waals surface area contributed by atoms with Crippen LogP contribution in [0.25, 0.3) is 0 Å². The average Bonchev–Trinajstić information content (AvgIpc) is 2.73. The first-order valence-corrected chi connectivity index (χ1v) is 14.6. The Bertz CT molecular complexity index is 426. The number of nitrogens with zero attached hydrogens (tertiary/aromatic N) is 1. The van der Waals surface area contributed by atoms with Gasteiger partial charge in [0, 0.05) is 23.1 Å². The second-order valence-corrected chi connectivity index (χ2v) is 13.6. The van der Waals surface area contributed by atoms with E-state index in [1.54, 1.807) is 21.3 Å². The molecule has 202 valence electrons. The van der Waals surface area contributed by atoms with E-state index in [0.29, 0.717) is 0 Å². The van der Waals surface area contributed by atoms with Gasteiger partial charge >= 0.3 is 0 Å². The van der Waals surface area contributed by atoms with Gasteiger partial charge in [-0.2, -0.15) is 0 Å². The lowest BCUT2D eigenvalue weighted by molar-refractivity contribution is -1.39. The zero-order chi connectivity index (χ0) is 24.3. The number of hydrogen-bond donors (Lipinski definition) is 1. The van der Waals surface area contributed by atoms with E-state index in [1.807, 2.05) is 0 Å². The van der Waals surface area contributed by atoms with Crippen molar-refractivity contribution in [1.29, 1.82) is 0 Å². The zero-order valence-electron chi connectivity index (χ0n) is 23.4. The molecule has 0 aromatic rings. The van der Waals surface area contributed by atoms with Crippen LogP contribution in [0.4, 0.5) is 0 Å². The fourth-order valence-electron chi connectivity index (χ4n) is 4.99. The molecule has 7 heteroatoms. The van der Waals surface area contributed by atoms with Crippen molar-refractivity contribution in [3.63, 3.8) is 0 Å². The third kappa shape index (κ3) is 15.8. The number of nitrogens with two attached hydrogens (primary N) is 1. The molecule has 0 heterocycles. The summed E-state index contributed by atoms with van der Waals surface area (Å²) >= 11 is 0. The fraction of sp³-hybridized carbons (Fsp3) is 1.00. The van der Waals surface area contributed by atoms with Crippen molar-refractivity contribution in [1.82, 2.24) is 0 Å². The van der Waals surface area contributed by atoms with Crippen molar-refractivity contribution in [3.8, 4) is 0 Å². The Kier molecular flexibility index (Phi) is 22.0. The maximum Gasteiger partial charge on any atom is 0.247 e. The topological polar surface area (TPSA) is 53.7 Å². The van der Waals surface area contributed by atoms with Gasteiger partial charge in [-0.05, 0) is 11.5 Å². The Morgan fingerprint density at radius 3 is 1.21 bits per heavy atom. The molecule has 0 aliphatic rings. The third-order valence-electron chi connectivity index (χ3n) is 6.57. The molecular weight excluding hydrogens is 452 g/mol. The fourth-order valence-corrected chi connectivity index (χ4v) is 5.60. The van der Waals surface area contributed by atoms with Gasteiger partial charge in [-0.1, -0.05) is 117 Å². The Hall–Kier alpha value is 0.307. The first-order chi connectivity index (χ1) is 15.2. The molecule has 0 bridgehead atoms. The number of hydrogen-bond acceptors (Lipinski definition) is 4. The van der Waals surface area contributed by atoms with Gasteiger partial charge in [0.15, 0.2) is 0 Å². The van der Waals surface area contributed by atoms with E-state index < -0.39 is 10.6 Å². The van der Waals surface area contributed by atoms with Crippen molar-refractivity contribution in [2.24, 2.45) is 5.73 Å². The lowest BCUT2D eigenvalue weighted by Gasteiger charge is -2.42. The second kappa shape index (κ2) is 20.5. The standard InChI is InChI=1S/C26H59N2O3Si.ClH/c1-7-8-9-10-11-12-13-14-15-16-17-18-19-20-21-22-23-26(27,24-25(2,3)32)28(29-4,30-5)31-6;/h7-24,27H2,1-6,32H3;1H/q+1;/p-1. The van der Waals surface area contributed by atoms with Gasteiger partial charge in [-0.3, -0.25) is 5.73 Å². The molecule has 33 heavy (non-hydrogen) atoms. The SMILES string of the molecule is CCCCCCCCCCCCCCCCCCC(N)(CC(C)(C)[SiH3])[N+](OC)(OC)OC.[Cl-]. The summed E-state index contributed by atoms with van der Waals surface area (Å²) in [6.07, 6.45) is 23.5. The normalized spacial score (nSPS) is 14.3. The zero-order valence-corrected chi connectivity index (χ0v) is 26.1. The molecule has 0 aliphatic heterocycles. The monoisotopic (exact) mass is 510 g/mol. The predicted octanol–water partition coefficient (Wildman–Crippen LogP) is 3.75. The predicted molar refractivity (Wildman–Crippen MR) is 141 cm³/mol. The summed E-state index contributed by atoms with van der Waals surface area (Å²) in [5.41, 5.74) is 6.17. The van der Waals surface area contributed by atoms with Crippen LogP contribution >= 0.6 is 0 Å². The van der Waals surface area contributed by atoms with E-state index in [1.165, 1.54) is 96.3 Å². The van der Waals surface area contributed by atoms with Gasteiger partial charge in [0.2, 0.25) is 5.66 Å². The minimum Gasteiger partial charge on any atom is -1.00 e. The van der Waals surface area contributed by atoms with Crippen molar-refractivity contribution in [2.75, 3.05) is 21.3 Å². The molecule has 1 unspecified atom stereocenters. The van der Waals surface area contributed by atoms with Crippen LogP contribution in [0, 0.1) is 0 Å². The Morgan fingerprint density at radius 2 is 0.939 bits per heavy atom. The van der Waals surface area contributed by atoms with Crippen LogP contribution in [0.1, 0.15) is 136 Å². The lowest BCUT2D eigenvalue weighted by atomic mass is 9.91. The van der Waals surface area contributed by atoms with Crippen molar-refractivity contribution in [3.05, 3.63) is 0 Å². The maximum absolute atomic E-state index is 6.88. The Balaban J connectivity index is 0. The highest BCUT2D eigenvalue weighted by Gasteiger charge is 2.55. The highest BCUT2D eigenvalue weighted by molar-refractivity contribution is 6.14. The van der Waals surface area contributed by atoms with Crippen LogP contribution in [-0.4, -0.2) is 42.2 Å². The molecule has 0 saturated heterocycles. The highest BCUT2D eigenvalue weighted by atomic mass is 35.5. The number of rotatable bonds is 23. The average molecular weight is 511 g/mol. The van der Waals surface area contributed by atoms with Crippen LogP contribution in [0.5, 0.6) is 0 Å². The van der Waals surface area contributed by atoms with Gasteiger partial charge in [0.05, 0.1) is 0 Å². The summed E-state index contributed by atoms with van der Waals surface area (Å²) in [5, 5.41) is 0.183. The maximum atomic E-state index is 6.88. The minimum absolute atomic E-state index is 0. The van der Waals surface area contributed by atoms with Crippen molar-refractivity contribution >= 4 is 10.2 Å². The van der Waals surface area contributed by atoms with Gasteiger partial charge in [0.1, 0.15) is 26.3 Å². The highest BCUT2D eigenvalue weighted by Crippen LogP contribution is 2.39. The van der Waals surface area contributed by atoms with Crippen LogP contribution in [0.3, 0.4) is 0 Å². The number of quaternary nitrogens is 1. The molecule has 0 aliphatic carbocycles. The van der Waals surface area contributed by atoms with Gasteiger partial charge in [0.25, 0.3) is 0 Å². The first kappa shape index (κ1) is 35.5. The summed E-state index contributed by atoms with van der Waals surface area (Å²) in [7, 11) is 5.85. The molecule has 0 aromatic carbocycles. The molecule has 0 rings (SSSR count). The van der Waals surface area contributed by atoms with Crippen LogP contribution < -0.4 is 18.1 Å². The molecule has 0 aromatic heterocycles. The molecule has 0 amide bonds. The van der Waals surface area contributed by atoms with Crippen molar-refractivity contribution in [2.45, 2.75) is 147 Å². The van der Waals surface area contributed by atoms with E-state index in [4.69, 9.17) is 20.2 Å². The quantitative estimate of drug-likeness (QED) is 0.0747. The summed E-state index contributed by atoms with van der Waals surface area (Å²) < 4.78 is 0. The molecule has 5 nitrogen and oxygen atoms in total. The van der Waals surface area contributed by atoms with Crippen LogP contribution in [0.2, 0.25) is 5.04 Å². The van der Waals surface area contributed by atoms with E-state index in [-0.39, 0.29) is 17.4 Å². The number of hydroxylamine groups is 3. The minimum atomic E-state index is -0.709. The smallest absolute Gasteiger partial charge is 0.247 e. The van der Waals surface area contributed by atoms with Crippen LogP contribution in [0.15, 0.2) is 0 Å². The van der Waals surface area contributed by atoms with E-state index in [0.717, 1.165) is 29.5 Å². The van der Waals surface area contributed by atoms with Gasteiger partial charge in [-0.15, -0.1) is 14.5 Å². The first-order valence-electron chi connectivity index (χ1n) is 13.6. The van der Waals surface area contributed by atoms with Gasteiger partial charge < -0.3 is 12.4 Å². The summed E-state index contributed by atoms with van der Waals surface area (Å²) in [4.78, 5) is 16.4. The molecular formula is C26H59ClN2O3Si. The molecule has 2 N–H and O–H groups in total. The lowest BCUT2D eigenvalue weighted by Crippen LogP contribution is -3.00. The number of unbranched alkanes of at least 4 members (excludes halogenated alkanes) is 15. The summed E-state index contributed by atoms with van der Waals surface area (Å²) in [6.45, 7) is 6.80. The van der Waals surface area contributed by atoms with Crippen LogP contribution in [-0.2, 0) is 14.5 Å². The molecule has 1 atom stereocenters. The second-order valence-electron chi connectivity index (χ2n) is 10.9.